The molecule has 44 heavy (non-hydrogen) atoms. The fourth-order valence-electron chi connectivity index (χ4n) is 7.78. The van der Waals surface area contributed by atoms with Crippen molar-refractivity contribution in [2.24, 2.45) is 0 Å². The van der Waals surface area contributed by atoms with Gasteiger partial charge in [-0.3, -0.25) is 0 Å². The van der Waals surface area contributed by atoms with Gasteiger partial charge in [0.25, 0.3) is 0 Å². The number of fused-ring (bicyclic) bond motifs is 14. The molecule has 1 N–H and O–H groups in total. The SMILES string of the molecule is c1ccc2c(c1)Oc1c(Nc3cc4ccccc4c4oc5ccccc5c34)cccc1C21c2ccccc2-c2ccccc21. The maximum absolute atomic E-state index is 6.88. The first kappa shape index (κ1) is 23.7. The summed E-state index contributed by atoms with van der Waals surface area (Å²) in [5.74, 6) is 1.71. The number of ether oxygens (including phenoxy) is 1. The Balaban J connectivity index is 1.27. The predicted octanol–water partition coefficient (Wildman–Crippen LogP) is 11.0. The van der Waals surface area contributed by atoms with Gasteiger partial charge in [0.15, 0.2) is 5.75 Å². The van der Waals surface area contributed by atoms with E-state index in [2.05, 4.69) is 139 Å². The fraction of sp³-hybridized carbons (Fsp3) is 0.0244. The molecule has 1 aliphatic heterocycles. The van der Waals surface area contributed by atoms with Crippen LogP contribution in [0.25, 0.3) is 43.8 Å². The van der Waals surface area contributed by atoms with Crippen LogP contribution >= 0.6 is 0 Å². The van der Waals surface area contributed by atoms with Crippen LogP contribution in [0.3, 0.4) is 0 Å². The van der Waals surface area contributed by atoms with Gasteiger partial charge in [0.05, 0.1) is 22.2 Å². The maximum atomic E-state index is 6.88. The molecule has 3 heteroatoms. The van der Waals surface area contributed by atoms with Crippen molar-refractivity contribution in [1.29, 1.82) is 0 Å². The first-order chi connectivity index (χ1) is 21.8. The quantitative estimate of drug-likeness (QED) is 0.227. The average molecular weight is 564 g/mol. The standard InChI is InChI=1S/C41H25NO2/c1-2-13-26-25(12-1)24-35(38-29-16-5-9-22-36(29)43-39(26)38)42-34-21-11-20-33-40(34)44-37-23-10-8-19-32(37)41(33)30-17-6-3-14-27(30)28-15-4-7-18-31(28)41/h1-24,42H. The summed E-state index contributed by atoms with van der Waals surface area (Å²) in [5.41, 5.74) is 10.6. The Bertz CT molecular complexity index is 2420. The van der Waals surface area contributed by atoms with Gasteiger partial charge in [-0.1, -0.05) is 121 Å². The van der Waals surface area contributed by atoms with Gasteiger partial charge in [-0.05, 0) is 51.9 Å². The highest BCUT2D eigenvalue weighted by atomic mass is 16.5. The zero-order valence-electron chi connectivity index (χ0n) is 23.7. The van der Waals surface area contributed by atoms with E-state index in [1.54, 1.807) is 0 Å². The molecule has 2 heterocycles. The first-order valence-electron chi connectivity index (χ1n) is 15.0. The van der Waals surface area contributed by atoms with E-state index in [9.17, 15) is 0 Å². The summed E-state index contributed by atoms with van der Waals surface area (Å²) >= 11 is 0. The summed E-state index contributed by atoms with van der Waals surface area (Å²) in [6.45, 7) is 0. The molecule has 2 aliphatic rings. The number of para-hydroxylation sites is 3. The van der Waals surface area contributed by atoms with E-state index in [1.807, 2.05) is 12.1 Å². The van der Waals surface area contributed by atoms with E-state index in [-0.39, 0.29) is 0 Å². The number of hydrogen-bond donors (Lipinski definition) is 1. The number of benzene rings is 7. The van der Waals surface area contributed by atoms with Crippen molar-refractivity contribution in [2.45, 2.75) is 5.41 Å². The fourth-order valence-corrected chi connectivity index (χ4v) is 7.78. The highest BCUT2D eigenvalue weighted by Gasteiger charge is 2.51. The van der Waals surface area contributed by atoms with Crippen LogP contribution in [-0.4, -0.2) is 0 Å². The smallest absolute Gasteiger partial charge is 0.155 e. The summed E-state index contributed by atoms with van der Waals surface area (Å²) in [7, 11) is 0. The lowest BCUT2D eigenvalue weighted by Gasteiger charge is -2.40. The van der Waals surface area contributed by atoms with Crippen molar-refractivity contribution >= 4 is 44.1 Å². The lowest BCUT2D eigenvalue weighted by atomic mass is 9.66. The van der Waals surface area contributed by atoms with Gasteiger partial charge < -0.3 is 14.5 Å². The molecule has 206 valence electrons. The third-order valence-electron chi connectivity index (χ3n) is 9.51. The number of anilines is 2. The molecule has 0 bridgehead atoms. The van der Waals surface area contributed by atoms with E-state index in [4.69, 9.17) is 9.15 Å². The minimum atomic E-state index is -0.504. The van der Waals surface area contributed by atoms with Crippen molar-refractivity contribution in [1.82, 2.24) is 0 Å². The van der Waals surface area contributed by atoms with E-state index in [1.165, 1.54) is 22.3 Å². The highest BCUT2D eigenvalue weighted by molar-refractivity contribution is 6.21. The molecule has 0 atom stereocenters. The minimum Gasteiger partial charge on any atom is -0.455 e. The van der Waals surface area contributed by atoms with Crippen LogP contribution in [0.1, 0.15) is 22.3 Å². The highest BCUT2D eigenvalue weighted by Crippen LogP contribution is 2.63. The van der Waals surface area contributed by atoms with Crippen LogP contribution in [0.5, 0.6) is 11.5 Å². The second kappa shape index (κ2) is 8.62. The second-order valence-corrected chi connectivity index (χ2v) is 11.7. The largest absolute Gasteiger partial charge is 0.455 e. The third kappa shape index (κ3) is 2.96. The van der Waals surface area contributed by atoms with Crippen LogP contribution in [0.2, 0.25) is 0 Å². The van der Waals surface area contributed by atoms with Gasteiger partial charge >= 0.3 is 0 Å². The molecule has 1 aromatic heterocycles. The Kier molecular flexibility index (Phi) is 4.65. The van der Waals surface area contributed by atoms with Gasteiger partial charge in [0.2, 0.25) is 0 Å². The summed E-state index contributed by atoms with van der Waals surface area (Å²) in [6.07, 6.45) is 0. The normalized spacial score (nSPS) is 13.8. The average Bonchev–Trinajstić information content (AvgIpc) is 3.61. The molecule has 8 aromatic rings. The molecule has 0 radical (unpaired) electrons. The maximum Gasteiger partial charge on any atom is 0.155 e. The van der Waals surface area contributed by atoms with E-state index < -0.39 is 5.41 Å². The van der Waals surface area contributed by atoms with Crippen molar-refractivity contribution in [3.05, 3.63) is 168 Å². The number of rotatable bonds is 2. The Morgan fingerprint density at radius 2 is 1.14 bits per heavy atom. The van der Waals surface area contributed by atoms with E-state index in [0.717, 1.165) is 66.7 Å². The second-order valence-electron chi connectivity index (χ2n) is 11.7. The lowest BCUT2D eigenvalue weighted by Crippen LogP contribution is -2.32. The van der Waals surface area contributed by atoms with Gasteiger partial charge in [-0.25, -0.2) is 0 Å². The van der Waals surface area contributed by atoms with Crippen LogP contribution in [0, 0.1) is 0 Å². The lowest BCUT2D eigenvalue weighted by molar-refractivity contribution is 0.438. The molecule has 1 aliphatic carbocycles. The number of hydrogen-bond acceptors (Lipinski definition) is 3. The summed E-state index contributed by atoms with van der Waals surface area (Å²) in [5, 5.41) is 8.22. The molecule has 0 unspecified atom stereocenters. The number of nitrogens with one attached hydrogen (secondary N) is 1. The predicted molar refractivity (Wildman–Crippen MR) is 178 cm³/mol. The van der Waals surface area contributed by atoms with Crippen molar-refractivity contribution in [3.63, 3.8) is 0 Å². The molecule has 0 amide bonds. The molecule has 7 aromatic carbocycles. The molecule has 0 saturated carbocycles. The summed E-state index contributed by atoms with van der Waals surface area (Å²) in [6, 6.07) is 51.6. The van der Waals surface area contributed by atoms with Gasteiger partial charge in [-0.15, -0.1) is 0 Å². The minimum absolute atomic E-state index is 0.504. The molecule has 1 spiro atoms. The number of furan rings is 1. The summed E-state index contributed by atoms with van der Waals surface area (Å²) < 4.78 is 13.4. The molecule has 3 nitrogen and oxygen atoms in total. The van der Waals surface area contributed by atoms with Crippen molar-refractivity contribution in [2.75, 3.05) is 5.32 Å². The Morgan fingerprint density at radius 1 is 0.500 bits per heavy atom. The van der Waals surface area contributed by atoms with Gasteiger partial charge in [-0.2, -0.15) is 0 Å². The van der Waals surface area contributed by atoms with Crippen LogP contribution in [-0.2, 0) is 5.41 Å². The van der Waals surface area contributed by atoms with Gasteiger partial charge in [0, 0.05) is 21.9 Å². The Hall–Kier alpha value is -5.80. The van der Waals surface area contributed by atoms with Crippen LogP contribution < -0.4 is 10.1 Å². The van der Waals surface area contributed by atoms with Crippen LogP contribution in [0.4, 0.5) is 11.4 Å². The molecular weight excluding hydrogens is 538 g/mol. The summed E-state index contributed by atoms with van der Waals surface area (Å²) in [4.78, 5) is 0. The third-order valence-corrected chi connectivity index (χ3v) is 9.51. The van der Waals surface area contributed by atoms with Crippen LogP contribution in [0.15, 0.2) is 150 Å². The Morgan fingerprint density at radius 3 is 1.95 bits per heavy atom. The zero-order valence-corrected chi connectivity index (χ0v) is 23.7. The van der Waals surface area contributed by atoms with Gasteiger partial charge in [0.1, 0.15) is 16.9 Å². The van der Waals surface area contributed by atoms with E-state index >= 15 is 0 Å². The first-order valence-corrected chi connectivity index (χ1v) is 15.0. The molecule has 10 rings (SSSR count). The Labute approximate surface area is 254 Å². The zero-order chi connectivity index (χ0) is 28.8. The molecule has 0 fully saturated rings. The monoisotopic (exact) mass is 563 g/mol. The molecule has 0 saturated heterocycles. The molecular formula is C41H25NO2. The van der Waals surface area contributed by atoms with Crippen molar-refractivity contribution < 1.29 is 9.15 Å². The van der Waals surface area contributed by atoms with Crippen molar-refractivity contribution in [3.8, 4) is 22.6 Å². The van der Waals surface area contributed by atoms with E-state index in [0.29, 0.717) is 0 Å². The topological polar surface area (TPSA) is 34.4 Å².